The molecule has 1 aliphatic heterocycles. The number of carbonyl (C=O) groups excluding carboxylic acids is 1. The Morgan fingerprint density at radius 1 is 1.17 bits per heavy atom. The SMILES string of the molecule is CCn1cc(S(=O)(=O)N2CCN(C)C(=O)C2Cc2ccc(-c3cccs3)cc2)cn1. The molecule has 1 aromatic carbocycles. The van der Waals surface area contributed by atoms with E-state index in [0.717, 1.165) is 11.1 Å². The molecule has 1 saturated heterocycles. The van der Waals surface area contributed by atoms with Crippen molar-refractivity contribution in [3.63, 3.8) is 0 Å². The van der Waals surface area contributed by atoms with Crippen LogP contribution in [0.2, 0.25) is 0 Å². The second-order valence-corrected chi connectivity index (χ2v) is 10.1. The van der Waals surface area contributed by atoms with Crippen LogP contribution in [0.5, 0.6) is 0 Å². The first-order valence-corrected chi connectivity index (χ1v) is 12.1. The van der Waals surface area contributed by atoms with Gasteiger partial charge < -0.3 is 4.90 Å². The third-order valence-electron chi connectivity index (χ3n) is 5.39. The fourth-order valence-corrected chi connectivity index (χ4v) is 5.89. The molecule has 0 aliphatic carbocycles. The fraction of sp³-hybridized carbons (Fsp3) is 0.333. The molecule has 30 heavy (non-hydrogen) atoms. The van der Waals surface area contributed by atoms with Gasteiger partial charge in [0.2, 0.25) is 15.9 Å². The number of amides is 1. The van der Waals surface area contributed by atoms with E-state index < -0.39 is 16.1 Å². The van der Waals surface area contributed by atoms with Gasteiger partial charge in [-0.05, 0) is 35.9 Å². The van der Waals surface area contributed by atoms with Crippen LogP contribution < -0.4 is 0 Å². The molecule has 1 unspecified atom stereocenters. The van der Waals surface area contributed by atoms with E-state index in [4.69, 9.17) is 0 Å². The van der Waals surface area contributed by atoms with Gasteiger partial charge in [-0.1, -0.05) is 30.3 Å². The summed E-state index contributed by atoms with van der Waals surface area (Å²) < 4.78 is 29.5. The van der Waals surface area contributed by atoms with Gasteiger partial charge in [0.05, 0.1) is 6.20 Å². The van der Waals surface area contributed by atoms with Gasteiger partial charge in [-0.3, -0.25) is 9.48 Å². The molecule has 0 spiro atoms. The standard InChI is InChI=1S/C21H24N4O3S2/c1-3-24-15-18(14-22-24)30(27,28)25-11-10-23(2)21(26)19(25)13-16-6-8-17(9-7-16)20-5-4-12-29-20/h4-9,12,14-15,19H,3,10-11,13H2,1-2H3. The highest BCUT2D eigenvalue weighted by atomic mass is 32.2. The maximum atomic E-state index is 13.3. The molecular weight excluding hydrogens is 420 g/mol. The summed E-state index contributed by atoms with van der Waals surface area (Å²) in [5.41, 5.74) is 2.03. The monoisotopic (exact) mass is 444 g/mol. The van der Waals surface area contributed by atoms with Crippen LogP contribution in [0.15, 0.2) is 59.1 Å². The average Bonchev–Trinajstić information content (AvgIpc) is 3.44. The molecule has 1 fully saturated rings. The number of rotatable bonds is 6. The van der Waals surface area contributed by atoms with Crippen LogP contribution in [0, 0.1) is 0 Å². The van der Waals surface area contributed by atoms with Gasteiger partial charge in [0.25, 0.3) is 0 Å². The molecule has 0 radical (unpaired) electrons. The summed E-state index contributed by atoms with van der Waals surface area (Å²) in [6.07, 6.45) is 3.20. The minimum Gasteiger partial charge on any atom is -0.343 e. The molecule has 4 rings (SSSR count). The number of benzene rings is 1. The number of hydrogen-bond donors (Lipinski definition) is 0. The first-order chi connectivity index (χ1) is 14.4. The molecule has 7 nitrogen and oxygen atoms in total. The van der Waals surface area contributed by atoms with Crippen LogP contribution in [-0.4, -0.2) is 59.5 Å². The maximum Gasteiger partial charge on any atom is 0.246 e. The number of aromatic nitrogens is 2. The number of piperazine rings is 1. The molecule has 0 N–H and O–H groups in total. The van der Waals surface area contributed by atoms with E-state index in [2.05, 4.69) is 11.2 Å². The summed E-state index contributed by atoms with van der Waals surface area (Å²) in [7, 11) is -2.10. The molecule has 1 atom stereocenters. The molecule has 3 heterocycles. The van der Waals surface area contributed by atoms with Crippen molar-refractivity contribution < 1.29 is 13.2 Å². The largest absolute Gasteiger partial charge is 0.343 e. The zero-order valence-electron chi connectivity index (χ0n) is 16.9. The highest BCUT2D eigenvalue weighted by molar-refractivity contribution is 7.89. The van der Waals surface area contributed by atoms with Crippen LogP contribution >= 0.6 is 11.3 Å². The number of carbonyl (C=O) groups is 1. The zero-order valence-corrected chi connectivity index (χ0v) is 18.6. The van der Waals surface area contributed by atoms with Crippen molar-refractivity contribution in [3.05, 3.63) is 59.7 Å². The third kappa shape index (κ3) is 3.92. The number of thiophene rings is 1. The Morgan fingerprint density at radius 3 is 2.57 bits per heavy atom. The van der Waals surface area contributed by atoms with E-state index in [1.807, 2.05) is 42.6 Å². The van der Waals surface area contributed by atoms with Gasteiger partial charge in [0.15, 0.2) is 0 Å². The molecule has 9 heteroatoms. The van der Waals surface area contributed by atoms with Crippen LogP contribution in [0.1, 0.15) is 12.5 Å². The van der Waals surface area contributed by atoms with E-state index in [-0.39, 0.29) is 17.3 Å². The molecule has 1 amide bonds. The predicted octanol–water partition coefficient (Wildman–Crippen LogP) is 2.71. The van der Waals surface area contributed by atoms with Gasteiger partial charge >= 0.3 is 0 Å². The number of nitrogens with zero attached hydrogens (tertiary/aromatic N) is 4. The van der Waals surface area contributed by atoms with Crippen LogP contribution in [0.25, 0.3) is 10.4 Å². The van der Waals surface area contributed by atoms with Crippen molar-refractivity contribution in [2.24, 2.45) is 0 Å². The lowest BCUT2D eigenvalue weighted by Crippen LogP contribution is -2.58. The van der Waals surface area contributed by atoms with E-state index in [0.29, 0.717) is 19.5 Å². The Morgan fingerprint density at radius 2 is 1.93 bits per heavy atom. The number of aryl methyl sites for hydroxylation is 1. The van der Waals surface area contributed by atoms with Crippen LogP contribution in [-0.2, 0) is 27.8 Å². The molecule has 2 aromatic heterocycles. The molecule has 3 aromatic rings. The lowest BCUT2D eigenvalue weighted by Gasteiger charge is -2.38. The maximum absolute atomic E-state index is 13.3. The van der Waals surface area contributed by atoms with E-state index in [1.54, 1.807) is 28.0 Å². The van der Waals surface area contributed by atoms with Crippen molar-refractivity contribution in [3.8, 4) is 10.4 Å². The average molecular weight is 445 g/mol. The van der Waals surface area contributed by atoms with Gasteiger partial charge in [0.1, 0.15) is 10.9 Å². The number of sulfonamides is 1. The first-order valence-electron chi connectivity index (χ1n) is 9.82. The highest BCUT2D eigenvalue weighted by Gasteiger charge is 2.41. The van der Waals surface area contributed by atoms with Crippen molar-refractivity contribution in [1.82, 2.24) is 19.0 Å². The predicted molar refractivity (Wildman–Crippen MR) is 117 cm³/mol. The topological polar surface area (TPSA) is 75.5 Å². The summed E-state index contributed by atoms with van der Waals surface area (Å²) in [5, 5.41) is 6.12. The summed E-state index contributed by atoms with van der Waals surface area (Å²) in [4.78, 5) is 15.8. The number of likely N-dealkylation sites (N-methyl/N-ethyl adjacent to an activating group) is 1. The fourth-order valence-electron chi connectivity index (χ4n) is 3.63. The van der Waals surface area contributed by atoms with E-state index in [1.165, 1.54) is 21.6 Å². The third-order valence-corrected chi connectivity index (χ3v) is 8.17. The van der Waals surface area contributed by atoms with E-state index in [9.17, 15) is 13.2 Å². The van der Waals surface area contributed by atoms with Crippen molar-refractivity contribution in [1.29, 1.82) is 0 Å². The quantitative estimate of drug-likeness (QED) is 0.586. The molecule has 0 bridgehead atoms. The smallest absolute Gasteiger partial charge is 0.246 e. The van der Waals surface area contributed by atoms with Crippen LogP contribution in [0.3, 0.4) is 0 Å². The van der Waals surface area contributed by atoms with Gasteiger partial charge in [-0.2, -0.15) is 9.40 Å². The second-order valence-electron chi connectivity index (χ2n) is 7.30. The highest BCUT2D eigenvalue weighted by Crippen LogP contribution is 2.27. The zero-order chi connectivity index (χ0) is 21.3. The van der Waals surface area contributed by atoms with Gasteiger partial charge in [0, 0.05) is 37.8 Å². The van der Waals surface area contributed by atoms with Gasteiger partial charge in [-0.25, -0.2) is 8.42 Å². The molecule has 1 aliphatic rings. The minimum absolute atomic E-state index is 0.125. The van der Waals surface area contributed by atoms with Crippen LogP contribution in [0.4, 0.5) is 0 Å². The minimum atomic E-state index is -3.82. The summed E-state index contributed by atoms with van der Waals surface area (Å²) >= 11 is 1.67. The first kappa shape index (κ1) is 20.8. The molecule has 158 valence electrons. The van der Waals surface area contributed by atoms with Gasteiger partial charge in [-0.15, -0.1) is 11.3 Å². The van der Waals surface area contributed by atoms with Crippen molar-refractivity contribution in [2.75, 3.05) is 20.1 Å². The Bertz CT molecular complexity index is 1120. The summed E-state index contributed by atoms with van der Waals surface area (Å²) in [6, 6.07) is 11.3. The normalized spacial score (nSPS) is 18.1. The Hall–Kier alpha value is -2.49. The number of hydrogen-bond acceptors (Lipinski definition) is 5. The van der Waals surface area contributed by atoms with Crippen molar-refractivity contribution >= 4 is 27.3 Å². The Kier molecular flexibility index (Phi) is 5.77. The Labute approximate surface area is 180 Å². The Balaban J connectivity index is 1.61. The van der Waals surface area contributed by atoms with E-state index >= 15 is 0 Å². The summed E-state index contributed by atoms with van der Waals surface area (Å²) in [6.45, 7) is 3.11. The molecule has 0 saturated carbocycles. The lowest BCUT2D eigenvalue weighted by atomic mass is 10.0. The lowest BCUT2D eigenvalue weighted by molar-refractivity contribution is -0.137. The molecular formula is C21H24N4O3S2. The second kappa shape index (κ2) is 8.33. The van der Waals surface area contributed by atoms with Crippen molar-refractivity contribution in [2.45, 2.75) is 30.8 Å². The summed E-state index contributed by atoms with van der Waals surface area (Å²) in [5.74, 6) is -0.185.